The minimum Gasteiger partial charge on any atom is -0.494 e. The van der Waals surface area contributed by atoms with Gasteiger partial charge in [0.15, 0.2) is 0 Å². The lowest BCUT2D eigenvalue weighted by molar-refractivity contribution is 0.0955. The number of ether oxygens (including phenoxy) is 1. The smallest absolute Gasteiger partial charge is 0.271 e. The van der Waals surface area contributed by atoms with Crippen LogP contribution >= 0.6 is 11.6 Å². The van der Waals surface area contributed by atoms with Gasteiger partial charge in [0.2, 0.25) is 0 Å². The van der Waals surface area contributed by atoms with Crippen molar-refractivity contribution < 1.29 is 9.53 Å². The lowest BCUT2D eigenvalue weighted by atomic mass is 10.2. The summed E-state index contributed by atoms with van der Waals surface area (Å²) in [6, 6.07) is 22.8. The van der Waals surface area contributed by atoms with Crippen molar-refractivity contribution in [1.82, 2.24) is 9.99 Å². The van der Waals surface area contributed by atoms with Gasteiger partial charge in [0.1, 0.15) is 5.75 Å². The largest absolute Gasteiger partial charge is 0.494 e. The molecule has 0 saturated carbocycles. The number of rotatable bonds is 7. The molecule has 0 atom stereocenters. The lowest BCUT2D eigenvalue weighted by Crippen LogP contribution is -2.17. The van der Waals surface area contributed by atoms with Crippen LogP contribution in [0.4, 0.5) is 0 Å². The van der Waals surface area contributed by atoms with E-state index in [1.54, 1.807) is 30.5 Å². The number of halogens is 1. The van der Waals surface area contributed by atoms with Gasteiger partial charge < -0.3 is 9.30 Å². The normalized spacial score (nSPS) is 11.2. The van der Waals surface area contributed by atoms with Crippen LogP contribution in [0, 0.1) is 0 Å². The average Bonchev–Trinajstić information content (AvgIpc) is 3.13. The van der Waals surface area contributed by atoms with Gasteiger partial charge in [-0.1, -0.05) is 48.0 Å². The molecule has 1 heterocycles. The number of nitrogens with zero attached hydrogens (tertiary/aromatic N) is 2. The fourth-order valence-electron chi connectivity index (χ4n) is 3.41. The first-order chi connectivity index (χ1) is 15.2. The zero-order valence-electron chi connectivity index (χ0n) is 17.1. The minimum atomic E-state index is -0.279. The molecule has 4 aromatic rings. The Bertz CT molecular complexity index is 1230. The van der Waals surface area contributed by atoms with Crippen LogP contribution in [0.15, 0.2) is 84.1 Å². The number of hydrogen-bond donors (Lipinski definition) is 1. The van der Waals surface area contributed by atoms with Crippen molar-refractivity contribution in [3.8, 4) is 5.75 Å². The molecule has 0 aliphatic heterocycles. The molecule has 0 aliphatic rings. The van der Waals surface area contributed by atoms with E-state index < -0.39 is 0 Å². The molecule has 0 bridgehead atoms. The number of benzene rings is 3. The van der Waals surface area contributed by atoms with Crippen molar-refractivity contribution in [3.63, 3.8) is 0 Å². The molecule has 1 N–H and O–H groups in total. The van der Waals surface area contributed by atoms with Crippen LogP contribution in [0.5, 0.6) is 5.75 Å². The van der Waals surface area contributed by atoms with Crippen LogP contribution in [-0.4, -0.2) is 23.3 Å². The van der Waals surface area contributed by atoms with Crippen LogP contribution < -0.4 is 10.2 Å². The first-order valence-corrected chi connectivity index (χ1v) is 10.4. The zero-order valence-corrected chi connectivity index (χ0v) is 17.8. The molecule has 0 spiro atoms. The quantitative estimate of drug-likeness (QED) is 0.310. The van der Waals surface area contributed by atoms with Crippen LogP contribution in [0.1, 0.15) is 28.4 Å². The molecule has 0 aliphatic carbocycles. The van der Waals surface area contributed by atoms with E-state index in [1.807, 2.05) is 55.6 Å². The van der Waals surface area contributed by atoms with E-state index in [-0.39, 0.29) is 5.91 Å². The summed E-state index contributed by atoms with van der Waals surface area (Å²) < 4.78 is 7.53. The second kappa shape index (κ2) is 9.49. The first-order valence-electron chi connectivity index (χ1n) is 10.0. The number of hydrogen-bond acceptors (Lipinski definition) is 3. The molecule has 0 saturated heterocycles. The number of hydrazone groups is 1. The summed E-state index contributed by atoms with van der Waals surface area (Å²) in [5, 5.41) is 5.95. The molecule has 4 rings (SSSR count). The van der Waals surface area contributed by atoms with Crippen molar-refractivity contribution in [1.29, 1.82) is 0 Å². The SMILES string of the molecule is CCOc1ccc(C(=O)N/N=C\c2cn(Cc3ccccc3Cl)c3ccccc23)cc1. The summed E-state index contributed by atoms with van der Waals surface area (Å²) in [7, 11) is 0. The number of carbonyl (C=O) groups excluding carboxylic acids is 1. The third kappa shape index (κ3) is 4.78. The Morgan fingerprint density at radius 1 is 1.06 bits per heavy atom. The molecule has 156 valence electrons. The fraction of sp³-hybridized carbons (Fsp3) is 0.120. The van der Waals surface area contributed by atoms with E-state index in [2.05, 4.69) is 21.2 Å². The molecular weight excluding hydrogens is 410 g/mol. The summed E-state index contributed by atoms with van der Waals surface area (Å²) >= 11 is 6.34. The highest BCUT2D eigenvalue weighted by atomic mass is 35.5. The van der Waals surface area contributed by atoms with Gasteiger partial charge in [0, 0.05) is 39.8 Å². The van der Waals surface area contributed by atoms with E-state index in [0.717, 1.165) is 32.8 Å². The molecule has 1 aromatic heterocycles. The van der Waals surface area contributed by atoms with Gasteiger partial charge in [0.25, 0.3) is 5.91 Å². The second-order valence-electron chi connectivity index (χ2n) is 6.98. The van der Waals surface area contributed by atoms with Gasteiger partial charge >= 0.3 is 0 Å². The van der Waals surface area contributed by atoms with Gasteiger partial charge in [-0.05, 0) is 48.9 Å². The van der Waals surface area contributed by atoms with E-state index >= 15 is 0 Å². The number of nitrogens with one attached hydrogen (secondary N) is 1. The molecular formula is C25H22ClN3O2. The monoisotopic (exact) mass is 431 g/mol. The highest BCUT2D eigenvalue weighted by Crippen LogP contribution is 2.23. The maximum absolute atomic E-state index is 12.4. The van der Waals surface area contributed by atoms with Crippen LogP contribution in [0.2, 0.25) is 5.02 Å². The van der Waals surface area contributed by atoms with Crippen molar-refractivity contribution in [2.45, 2.75) is 13.5 Å². The summed E-state index contributed by atoms with van der Waals surface area (Å²) in [5.41, 5.74) is 6.13. The third-order valence-corrected chi connectivity index (χ3v) is 5.28. The highest BCUT2D eigenvalue weighted by Gasteiger charge is 2.09. The van der Waals surface area contributed by atoms with Gasteiger partial charge in [-0.15, -0.1) is 0 Å². The molecule has 5 nitrogen and oxygen atoms in total. The minimum absolute atomic E-state index is 0.279. The van der Waals surface area contributed by atoms with Crippen molar-refractivity contribution in [2.24, 2.45) is 5.10 Å². The topological polar surface area (TPSA) is 55.6 Å². The Labute approximate surface area is 185 Å². The van der Waals surface area contributed by atoms with Gasteiger partial charge in [-0.3, -0.25) is 4.79 Å². The highest BCUT2D eigenvalue weighted by molar-refractivity contribution is 6.31. The second-order valence-corrected chi connectivity index (χ2v) is 7.38. The lowest BCUT2D eigenvalue weighted by Gasteiger charge is -2.07. The Morgan fingerprint density at radius 3 is 2.58 bits per heavy atom. The standard InChI is InChI=1S/C25H22ClN3O2/c1-2-31-21-13-11-18(12-14-21)25(30)28-27-15-20-17-29(24-10-6-4-8-22(20)24)16-19-7-3-5-9-23(19)26/h3-15,17H,2,16H2,1H3,(H,28,30)/b27-15-. The maximum atomic E-state index is 12.4. The first kappa shape index (κ1) is 20.7. The Morgan fingerprint density at radius 2 is 1.81 bits per heavy atom. The van der Waals surface area contributed by atoms with Crippen molar-refractivity contribution >= 4 is 34.6 Å². The summed E-state index contributed by atoms with van der Waals surface area (Å²) in [6.07, 6.45) is 3.68. The van der Waals surface area contributed by atoms with E-state index in [0.29, 0.717) is 18.7 Å². The summed E-state index contributed by atoms with van der Waals surface area (Å²) in [4.78, 5) is 12.4. The van der Waals surface area contributed by atoms with Crippen LogP contribution in [-0.2, 0) is 6.54 Å². The molecule has 6 heteroatoms. The molecule has 3 aromatic carbocycles. The van der Waals surface area contributed by atoms with Crippen LogP contribution in [0.25, 0.3) is 10.9 Å². The fourth-order valence-corrected chi connectivity index (χ4v) is 3.61. The third-order valence-electron chi connectivity index (χ3n) is 4.92. The Balaban J connectivity index is 1.52. The predicted octanol–water partition coefficient (Wildman–Crippen LogP) is 5.51. The van der Waals surface area contributed by atoms with E-state index in [9.17, 15) is 4.79 Å². The predicted molar refractivity (Wildman–Crippen MR) is 125 cm³/mol. The van der Waals surface area contributed by atoms with E-state index in [1.165, 1.54) is 0 Å². The summed E-state index contributed by atoms with van der Waals surface area (Å²) in [5.74, 6) is 0.452. The maximum Gasteiger partial charge on any atom is 0.271 e. The van der Waals surface area contributed by atoms with Gasteiger partial charge in [0.05, 0.1) is 12.8 Å². The van der Waals surface area contributed by atoms with Gasteiger partial charge in [-0.2, -0.15) is 5.10 Å². The number of aromatic nitrogens is 1. The molecule has 0 unspecified atom stereocenters. The number of para-hydroxylation sites is 1. The van der Waals surface area contributed by atoms with Gasteiger partial charge in [-0.25, -0.2) is 5.43 Å². The van der Waals surface area contributed by atoms with Crippen LogP contribution in [0.3, 0.4) is 0 Å². The number of fused-ring (bicyclic) bond motifs is 1. The number of carbonyl (C=O) groups is 1. The molecule has 31 heavy (non-hydrogen) atoms. The van der Waals surface area contributed by atoms with Crippen molar-refractivity contribution in [2.75, 3.05) is 6.61 Å². The Kier molecular flexibility index (Phi) is 6.34. The Hall–Kier alpha value is -3.57. The number of amides is 1. The molecule has 1 amide bonds. The molecule has 0 fully saturated rings. The van der Waals surface area contributed by atoms with Crippen molar-refractivity contribution in [3.05, 3.63) is 101 Å². The van der Waals surface area contributed by atoms with E-state index in [4.69, 9.17) is 16.3 Å². The summed E-state index contributed by atoms with van der Waals surface area (Å²) in [6.45, 7) is 3.15. The molecule has 0 radical (unpaired) electrons. The average molecular weight is 432 g/mol. The zero-order chi connectivity index (χ0) is 21.6.